The van der Waals surface area contributed by atoms with E-state index in [-0.39, 0.29) is 5.91 Å². The molecule has 21 heavy (non-hydrogen) atoms. The molecule has 0 unspecified atom stereocenters. The van der Waals surface area contributed by atoms with Crippen molar-refractivity contribution in [2.75, 3.05) is 13.7 Å². The summed E-state index contributed by atoms with van der Waals surface area (Å²) >= 11 is 7.18. The van der Waals surface area contributed by atoms with Crippen LogP contribution < -0.4 is 4.74 Å². The van der Waals surface area contributed by atoms with Gasteiger partial charge in [0.25, 0.3) is 5.91 Å². The maximum absolute atomic E-state index is 12.5. The van der Waals surface area contributed by atoms with Gasteiger partial charge in [-0.15, -0.1) is 17.9 Å². The molecule has 0 aliphatic rings. The molecule has 1 amide bonds. The molecule has 5 heteroatoms. The molecule has 0 saturated carbocycles. The van der Waals surface area contributed by atoms with Crippen LogP contribution >= 0.6 is 22.9 Å². The third kappa shape index (κ3) is 3.86. The predicted octanol–water partition coefficient (Wildman–Crippen LogP) is 4.24. The minimum absolute atomic E-state index is 0.0577. The molecule has 2 rings (SSSR count). The average Bonchev–Trinajstić information content (AvgIpc) is 2.93. The molecule has 2 aromatic rings. The summed E-state index contributed by atoms with van der Waals surface area (Å²) < 4.78 is 5.94. The first kappa shape index (κ1) is 15.6. The Bertz CT molecular complexity index is 639. The Morgan fingerprint density at radius 3 is 2.76 bits per heavy atom. The molecule has 0 saturated heterocycles. The zero-order valence-corrected chi connectivity index (χ0v) is 13.3. The molecule has 1 heterocycles. The molecule has 3 nitrogen and oxygen atoms in total. The van der Waals surface area contributed by atoms with E-state index >= 15 is 0 Å². The van der Waals surface area contributed by atoms with Gasteiger partial charge in [-0.25, -0.2) is 0 Å². The molecule has 1 aromatic heterocycles. The summed E-state index contributed by atoms with van der Waals surface area (Å²) in [6.45, 7) is 4.65. The van der Waals surface area contributed by atoms with Crippen LogP contribution in [0.25, 0.3) is 0 Å². The number of amides is 1. The largest absolute Gasteiger partial charge is 0.496 e. The van der Waals surface area contributed by atoms with Gasteiger partial charge in [0.15, 0.2) is 0 Å². The topological polar surface area (TPSA) is 29.5 Å². The number of benzene rings is 1. The fourth-order valence-corrected chi connectivity index (χ4v) is 3.01. The fraction of sp³-hybridized carbons (Fsp3) is 0.188. The standard InChI is InChI=1S/C16H16ClNO2S/c1-3-10-18(16(19)14-8-9-15(17)21-14)11-12-6-4-5-7-13(12)20-2/h3-9H,1,10-11H2,2H3. The van der Waals surface area contributed by atoms with Crippen molar-refractivity contribution in [3.05, 3.63) is 63.8 Å². The van der Waals surface area contributed by atoms with E-state index in [9.17, 15) is 4.79 Å². The molecule has 110 valence electrons. The first-order chi connectivity index (χ1) is 10.2. The highest BCUT2D eigenvalue weighted by molar-refractivity contribution is 7.17. The van der Waals surface area contributed by atoms with Crippen LogP contribution in [0.3, 0.4) is 0 Å². The van der Waals surface area contributed by atoms with Crippen molar-refractivity contribution in [3.63, 3.8) is 0 Å². The molecule has 1 aromatic carbocycles. The zero-order valence-electron chi connectivity index (χ0n) is 11.7. The van der Waals surface area contributed by atoms with Gasteiger partial charge >= 0.3 is 0 Å². The van der Waals surface area contributed by atoms with Gasteiger partial charge in [-0.3, -0.25) is 4.79 Å². The summed E-state index contributed by atoms with van der Waals surface area (Å²) in [5.74, 6) is 0.710. The second-order valence-corrected chi connectivity index (χ2v) is 6.11. The van der Waals surface area contributed by atoms with Gasteiger partial charge in [-0.2, -0.15) is 0 Å². The number of methoxy groups -OCH3 is 1. The fourth-order valence-electron chi connectivity index (χ4n) is 2.00. The van der Waals surface area contributed by atoms with Crippen molar-refractivity contribution in [1.82, 2.24) is 4.90 Å². The highest BCUT2D eigenvalue weighted by atomic mass is 35.5. The second kappa shape index (κ2) is 7.29. The van der Waals surface area contributed by atoms with E-state index in [0.29, 0.717) is 22.3 Å². The van der Waals surface area contributed by atoms with Gasteiger partial charge in [-0.05, 0) is 18.2 Å². The van der Waals surface area contributed by atoms with Gasteiger partial charge in [0.1, 0.15) is 5.75 Å². The van der Waals surface area contributed by atoms with Gasteiger partial charge in [0.2, 0.25) is 0 Å². The average molecular weight is 322 g/mol. The predicted molar refractivity (Wildman–Crippen MR) is 87.3 cm³/mol. The lowest BCUT2D eigenvalue weighted by atomic mass is 10.2. The van der Waals surface area contributed by atoms with Crippen molar-refractivity contribution in [2.24, 2.45) is 0 Å². The molecule has 0 N–H and O–H groups in total. The number of rotatable bonds is 6. The van der Waals surface area contributed by atoms with Crippen molar-refractivity contribution in [2.45, 2.75) is 6.54 Å². The normalized spacial score (nSPS) is 10.2. The Morgan fingerprint density at radius 1 is 1.38 bits per heavy atom. The lowest BCUT2D eigenvalue weighted by Crippen LogP contribution is -2.30. The van der Waals surface area contributed by atoms with Crippen molar-refractivity contribution in [1.29, 1.82) is 0 Å². The first-order valence-electron chi connectivity index (χ1n) is 6.43. The molecule has 0 aliphatic carbocycles. The lowest BCUT2D eigenvalue weighted by molar-refractivity contribution is 0.0766. The maximum Gasteiger partial charge on any atom is 0.264 e. The Kier molecular flexibility index (Phi) is 5.42. The quantitative estimate of drug-likeness (QED) is 0.745. The van der Waals surface area contributed by atoms with Crippen LogP contribution in [0.15, 0.2) is 49.1 Å². The van der Waals surface area contributed by atoms with E-state index < -0.39 is 0 Å². The number of carbonyl (C=O) groups is 1. The van der Waals surface area contributed by atoms with Gasteiger partial charge < -0.3 is 9.64 Å². The summed E-state index contributed by atoms with van der Waals surface area (Å²) in [6, 6.07) is 11.1. The minimum atomic E-state index is -0.0577. The Balaban J connectivity index is 2.22. The van der Waals surface area contributed by atoms with Crippen molar-refractivity contribution < 1.29 is 9.53 Å². The van der Waals surface area contributed by atoms with Gasteiger partial charge in [0, 0.05) is 18.7 Å². The molecular weight excluding hydrogens is 306 g/mol. The number of carbonyl (C=O) groups excluding carboxylic acids is 1. The van der Waals surface area contributed by atoms with Crippen molar-refractivity contribution >= 4 is 28.8 Å². The van der Waals surface area contributed by atoms with Crippen LogP contribution in [0, 0.1) is 0 Å². The molecule has 0 atom stereocenters. The molecule has 0 bridgehead atoms. The summed E-state index contributed by atoms with van der Waals surface area (Å²) in [7, 11) is 1.62. The number of para-hydroxylation sites is 1. The maximum atomic E-state index is 12.5. The molecule has 0 fully saturated rings. The lowest BCUT2D eigenvalue weighted by Gasteiger charge is -2.21. The Morgan fingerprint density at radius 2 is 2.14 bits per heavy atom. The van der Waals surface area contributed by atoms with Crippen LogP contribution in [0.4, 0.5) is 0 Å². The highest BCUT2D eigenvalue weighted by Crippen LogP contribution is 2.25. The second-order valence-electron chi connectivity index (χ2n) is 4.39. The number of hydrogen-bond donors (Lipinski definition) is 0. The Hall–Kier alpha value is -1.78. The van der Waals surface area contributed by atoms with E-state index in [1.54, 1.807) is 30.2 Å². The van der Waals surface area contributed by atoms with Crippen LogP contribution in [-0.2, 0) is 6.54 Å². The summed E-state index contributed by atoms with van der Waals surface area (Å²) in [5, 5.41) is 0. The van der Waals surface area contributed by atoms with Crippen LogP contribution in [-0.4, -0.2) is 24.5 Å². The zero-order chi connectivity index (χ0) is 15.2. The van der Waals surface area contributed by atoms with E-state index in [4.69, 9.17) is 16.3 Å². The van der Waals surface area contributed by atoms with Crippen molar-refractivity contribution in [3.8, 4) is 5.75 Å². The number of ether oxygens (including phenoxy) is 1. The highest BCUT2D eigenvalue weighted by Gasteiger charge is 2.18. The number of nitrogens with zero attached hydrogens (tertiary/aromatic N) is 1. The monoisotopic (exact) mass is 321 g/mol. The summed E-state index contributed by atoms with van der Waals surface area (Å²) in [4.78, 5) is 14.9. The smallest absolute Gasteiger partial charge is 0.264 e. The van der Waals surface area contributed by atoms with E-state index in [0.717, 1.165) is 11.3 Å². The van der Waals surface area contributed by atoms with Gasteiger partial charge in [0.05, 0.1) is 16.3 Å². The molecule has 0 radical (unpaired) electrons. The minimum Gasteiger partial charge on any atom is -0.496 e. The number of thiophene rings is 1. The first-order valence-corrected chi connectivity index (χ1v) is 7.62. The molecular formula is C16H16ClNO2S. The van der Waals surface area contributed by atoms with Crippen LogP contribution in [0.5, 0.6) is 5.75 Å². The third-order valence-corrected chi connectivity index (χ3v) is 4.19. The number of hydrogen-bond acceptors (Lipinski definition) is 3. The SMILES string of the molecule is C=CCN(Cc1ccccc1OC)C(=O)c1ccc(Cl)s1. The van der Waals surface area contributed by atoms with Crippen LogP contribution in [0.1, 0.15) is 15.2 Å². The molecule has 0 spiro atoms. The summed E-state index contributed by atoms with van der Waals surface area (Å²) in [5.41, 5.74) is 0.956. The van der Waals surface area contributed by atoms with E-state index in [1.807, 2.05) is 24.3 Å². The van der Waals surface area contributed by atoms with E-state index in [1.165, 1.54) is 11.3 Å². The van der Waals surface area contributed by atoms with Gasteiger partial charge in [-0.1, -0.05) is 35.9 Å². The summed E-state index contributed by atoms with van der Waals surface area (Å²) in [6.07, 6.45) is 1.71. The van der Waals surface area contributed by atoms with E-state index in [2.05, 4.69) is 6.58 Å². The Labute approximate surface area is 133 Å². The van der Waals surface area contributed by atoms with Crippen LogP contribution in [0.2, 0.25) is 4.34 Å². The third-order valence-electron chi connectivity index (χ3n) is 2.97. The number of halogens is 1. The molecule has 0 aliphatic heterocycles.